The van der Waals surface area contributed by atoms with E-state index in [1.807, 2.05) is 26.0 Å². The fourth-order valence-electron chi connectivity index (χ4n) is 3.85. The van der Waals surface area contributed by atoms with Gasteiger partial charge in [0.1, 0.15) is 11.5 Å². The number of carbonyl (C=O) groups excluding carboxylic acids is 2. The number of aryl methyl sites for hydroxylation is 2. The maximum atomic E-state index is 13.2. The summed E-state index contributed by atoms with van der Waals surface area (Å²) in [6, 6.07) is 12.8. The van der Waals surface area contributed by atoms with E-state index in [-0.39, 0.29) is 17.2 Å². The van der Waals surface area contributed by atoms with Gasteiger partial charge in [0, 0.05) is 11.6 Å². The van der Waals surface area contributed by atoms with Crippen LogP contribution in [0.2, 0.25) is 0 Å². The van der Waals surface area contributed by atoms with Crippen molar-refractivity contribution >= 4 is 23.3 Å². The van der Waals surface area contributed by atoms with Gasteiger partial charge in [0.2, 0.25) is 0 Å². The van der Waals surface area contributed by atoms with Crippen molar-refractivity contribution in [2.24, 2.45) is 0 Å². The molecule has 1 amide bonds. The highest BCUT2D eigenvalue weighted by Gasteiger charge is 2.48. The second-order valence-corrected chi connectivity index (χ2v) is 7.67. The van der Waals surface area contributed by atoms with Crippen molar-refractivity contribution in [2.75, 3.05) is 18.6 Å². The number of ether oxygens (including phenoxy) is 2. The summed E-state index contributed by atoms with van der Waals surface area (Å²) in [4.78, 5) is 27.5. The van der Waals surface area contributed by atoms with Gasteiger partial charge in [0.05, 0.1) is 25.3 Å². The van der Waals surface area contributed by atoms with Gasteiger partial charge in [0.15, 0.2) is 17.3 Å². The first-order valence-corrected chi connectivity index (χ1v) is 10.5. The SMILES string of the molecule is CCOc1ccc([C@H]2C(=C(O)c3ccc(C)cc3)C(=O)C(=O)N2c2cc(C)on2)cc1OC. The lowest BCUT2D eigenvalue weighted by Gasteiger charge is -2.23. The molecule has 170 valence electrons. The summed E-state index contributed by atoms with van der Waals surface area (Å²) < 4.78 is 16.2. The van der Waals surface area contributed by atoms with Crippen LogP contribution in [0, 0.1) is 13.8 Å². The number of methoxy groups -OCH3 is 1. The van der Waals surface area contributed by atoms with Gasteiger partial charge in [-0.3, -0.25) is 14.5 Å². The molecule has 1 atom stereocenters. The first kappa shape index (κ1) is 22.1. The van der Waals surface area contributed by atoms with Crippen LogP contribution < -0.4 is 14.4 Å². The van der Waals surface area contributed by atoms with E-state index in [0.29, 0.717) is 35.0 Å². The highest BCUT2D eigenvalue weighted by atomic mass is 16.5. The molecule has 3 aromatic rings. The quantitative estimate of drug-likeness (QED) is 0.340. The second kappa shape index (κ2) is 8.82. The van der Waals surface area contributed by atoms with Crippen molar-refractivity contribution in [3.63, 3.8) is 0 Å². The van der Waals surface area contributed by atoms with Gasteiger partial charge in [-0.1, -0.05) is 41.1 Å². The molecular formula is C25H24N2O6. The fraction of sp³-hybridized carbons (Fsp3) is 0.240. The first-order valence-electron chi connectivity index (χ1n) is 10.5. The molecule has 0 spiro atoms. The standard InChI is InChI=1S/C25H24N2O6/c1-5-32-18-11-10-17(13-19(18)31-4)22-21(23(28)16-8-6-14(2)7-9-16)24(29)25(30)27(22)20-12-15(3)33-26-20/h6-13,22,28H,5H2,1-4H3/t22-/m0/s1. The molecule has 0 unspecified atom stereocenters. The number of hydrogen-bond donors (Lipinski definition) is 1. The van der Waals surface area contributed by atoms with Crippen molar-refractivity contribution in [3.8, 4) is 11.5 Å². The minimum absolute atomic E-state index is 0.0456. The Hall–Kier alpha value is -4.07. The van der Waals surface area contributed by atoms with E-state index in [4.69, 9.17) is 14.0 Å². The molecule has 0 saturated carbocycles. The number of ketones is 1. The molecule has 0 radical (unpaired) electrons. The van der Waals surface area contributed by atoms with Gasteiger partial charge in [-0.05, 0) is 38.5 Å². The topological polar surface area (TPSA) is 102 Å². The monoisotopic (exact) mass is 448 g/mol. The summed E-state index contributed by atoms with van der Waals surface area (Å²) in [7, 11) is 1.51. The van der Waals surface area contributed by atoms with E-state index in [2.05, 4.69) is 5.16 Å². The zero-order valence-corrected chi connectivity index (χ0v) is 18.8. The number of carbonyl (C=O) groups is 2. The molecule has 1 fully saturated rings. The number of anilines is 1. The zero-order chi connectivity index (χ0) is 23.7. The Kier molecular flexibility index (Phi) is 5.91. The molecule has 0 bridgehead atoms. The number of aliphatic hydroxyl groups is 1. The summed E-state index contributed by atoms with van der Waals surface area (Å²) >= 11 is 0. The minimum atomic E-state index is -0.944. The third kappa shape index (κ3) is 3.95. The number of aromatic nitrogens is 1. The number of Topliss-reactive ketones (excluding diaryl/α,β-unsaturated/α-hetero) is 1. The molecule has 1 aliphatic heterocycles. The highest BCUT2D eigenvalue weighted by molar-refractivity contribution is 6.51. The molecule has 2 heterocycles. The maximum absolute atomic E-state index is 13.2. The van der Waals surface area contributed by atoms with Crippen LogP contribution in [0.5, 0.6) is 11.5 Å². The summed E-state index contributed by atoms with van der Waals surface area (Å²) in [5.41, 5.74) is 1.93. The van der Waals surface area contributed by atoms with Crippen LogP contribution in [0.25, 0.3) is 5.76 Å². The molecule has 2 aromatic carbocycles. The van der Waals surface area contributed by atoms with E-state index in [1.54, 1.807) is 43.3 Å². The molecule has 33 heavy (non-hydrogen) atoms. The lowest BCUT2D eigenvalue weighted by atomic mass is 9.94. The normalized spacial score (nSPS) is 17.5. The predicted molar refractivity (Wildman–Crippen MR) is 121 cm³/mol. The number of rotatable bonds is 6. The fourth-order valence-corrected chi connectivity index (χ4v) is 3.85. The third-order valence-electron chi connectivity index (χ3n) is 5.44. The summed E-state index contributed by atoms with van der Waals surface area (Å²) in [5.74, 6) is -0.276. The Balaban J connectivity index is 1.93. The lowest BCUT2D eigenvalue weighted by Crippen LogP contribution is -2.29. The van der Waals surface area contributed by atoms with Crippen molar-refractivity contribution < 1.29 is 28.7 Å². The molecule has 1 aliphatic rings. The Bertz CT molecular complexity index is 1240. The van der Waals surface area contributed by atoms with E-state index in [0.717, 1.165) is 5.56 Å². The number of hydrogen-bond acceptors (Lipinski definition) is 7. The van der Waals surface area contributed by atoms with Crippen LogP contribution in [0.4, 0.5) is 5.82 Å². The minimum Gasteiger partial charge on any atom is -0.507 e. The number of aliphatic hydroxyl groups excluding tert-OH is 1. The molecular weight excluding hydrogens is 424 g/mol. The predicted octanol–water partition coefficient (Wildman–Crippen LogP) is 4.33. The van der Waals surface area contributed by atoms with Gasteiger partial charge in [-0.25, -0.2) is 0 Å². The van der Waals surface area contributed by atoms with E-state index >= 15 is 0 Å². The summed E-state index contributed by atoms with van der Waals surface area (Å²) in [6.07, 6.45) is 0. The summed E-state index contributed by atoms with van der Waals surface area (Å²) in [6.45, 7) is 5.91. The molecule has 8 heteroatoms. The lowest BCUT2D eigenvalue weighted by molar-refractivity contribution is -0.132. The molecule has 1 N–H and O–H groups in total. The maximum Gasteiger partial charge on any atom is 0.301 e. The van der Waals surface area contributed by atoms with Gasteiger partial charge < -0.3 is 19.1 Å². The largest absolute Gasteiger partial charge is 0.507 e. The van der Waals surface area contributed by atoms with Crippen molar-refractivity contribution in [3.05, 3.63) is 76.6 Å². The molecule has 1 aromatic heterocycles. The highest BCUT2D eigenvalue weighted by Crippen LogP contribution is 2.43. The van der Waals surface area contributed by atoms with E-state index < -0.39 is 17.7 Å². The van der Waals surface area contributed by atoms with Gasteiger partial charge in [0.25, 0.3) is 5.78 Å². The van der Waals surface area contributed by atoms with Gasteiger partial charge in [-0.15, -0.1) is 0 Å². The van der Waals surface area contributed by atoms with Crippen LogP contribution in [-0.2, 0) is 9.59 Å². The first-order chi connectivity index (χ1) is 15.8. The molecule has 8 nitrogen and oxygen atoms in total. The Morgan fingerprint density at radius 3 is 2.42 bits per heavy atom. The molecule has 1 saturated heterocycles. The zero-order valence-electron chi connectivity index (χ0n) is 18.8. The second-order valence-electron chi connectivity index (χ2n) is 7.67. The van der Waals surface area contributed by atoms with E-state index in [1.165, 1.54) is 12.0 Å². The van der Waals surface area contributed by atoms with Crippen molar-refractivity contribution in [2.45, 2.75) is 26.8 Å². The van der Waals surface area contributed by atoms with E-state index in [9.17, 15) is 14.7 Å². The van der Waals surface area contributed by atoms with Crippen LogP contribution in [-0.4, -0.2) is 35.7 Å². The third-order valence-corrected chi connectivity index (χ3v) is 5.44. The Labute approximate surface area is 191 Å². The smallest absolute Gasteiger partial charge is 0.301 e. The van der Waals surface area contributed by atoms with Gasteiger partial charge >= 0.3 is 5.91 Å². The number of nitrogens with zero attached hydrogens (tertiary/aromatic N) is 2. The molecule has 0 aliphatic carbocycles. The average molecular weight is 448 g/mol. The number of benzene rings is 2. The Morgan fingerprint density at radius 2 is 1.82 bits per heavy atom. The van der Waals surface area contributed by atoms with Crippen molar-refractivity contribution in [1.29, 1.82) is 0 Å². The Morgan fingerprint density at radius 1 is 1.09 bits per heavy atom. The summed E-state index contributed by atoms with van der Waals surface area (Å²) in [5, 5.41) is 15.1. The average Bonchev–Trinajstić information content (AvgIpc) is 3.35. The molecule has 4 rings (SSSR count). The van der Waals surface area contributed by atoms with Gasteiger partial charge in [-0.2, -0.15) is 0 Å². The van der Waals surface area contributed by atoms with Crippen LogP contribution in [0.15, 0.2) is 58.6 Å². The van der Waals surface area contributed by atoms with Crippen LogP contribution in [0.1, 0.15) is 35.4 Å². The van der Waals surface area contributed by atoms with Crippen LogP contribution in [0.3, 0.4) is 0 Å². The van der Waals surface area contributed by atoms with Crippen LogP contribution >= 0.6 is 0 Å². The van der Waals surface area contributed by atoms with Crippen molar-refractivity contribution in [1.82, 2.24) is 5.16 Å². The number of amides is 1.